The largest absolute Gasteiger partial charge is 0.400 e. The Balaban J connectivity index is 0. The molecule has 0 saturated heterocycles. The highest BCUT2D eigenvalue weighted by Crippen LogP contribution is 1.96. The zero-order valence-electron chi connectivity index (χ0n) is 7.88. The molecule has 0 fully saturated rings. The molecule has 1 aromatic heterocycles. The van der Waals surface area contributed by atoms with E-state index in [0.717, 1.165) is 18.6 Å². The number of aromatic nitrogens is 1. The molecule has 0 bridgehead atoms. The Labute approximate surface area is 68.0 Å². The van der Waals surface area contributed by atoms with Gasteiger partial charge in [-0.2, -0.15) is 0 Å². The predicted molar refractivity (Wildman–Crippen MR) is 45.5 cm³/mol. The molecule has 0 aliphatic heterocycles. The third kappa shape index (κ3) is 7.06. The maximum Gasteiger partial charge on any atom is 0.133 e. The molecule has 1 N–H and O–H groups in total. The van der Waals surface area contributed by atoms with Crippen LogP contribution >= 0.6 is 0 Å². The van der Waals surface area contributed by atoms with Gasteiger partial charge in [0.1, 0.15) is 5.76 Å². The van der Waals surface area contributed by atoms with Gasteiger partial charge in [-0.25, -0.2) is 0 Å². The van der Waals surface area contributed by atoms with Crippen LogP contribution < -0.4 is 0 Å². The Kier molecular flexibility index (Phi) is 10.7. The number of aryl methyl sites for hydroxylation is 2. The van der Waals surface area contributed by atoms with Gasteiger partial charge in [0.25, 0.3) is 0 Å². The van der Waals surface area contributed by atoms with Crippen LogP contribution in [0.2, 0.25) is 0 Å². The quantitative estimate of drug-likeness (QED) is 0.629. The SMILES string of the molecule is CC.CO.Cc1cc(C)on1. The lowest BCUT2D eigenvalue weighted by molar-refractivity contribution is 0.393. The predicted octanol–water partition coefficient (Wildman–Crippen LogP) is 1.93. The summed E-state index contributed by atoms with van der Waals surface area (Å²) in [6.07, 6.45) is 0. The lowest BCUT2D eigenvalue weighted by atomic mass is 10.4. The second-order valence-corrected chi connectivity index (χ2v) is 1.58. The highest BCUT2D eigenvalue weighted by atomic mass is 16.5. The number of hydrogen-bond acceptors (Lipinski definition) is 3. The van der Waals surface area contributed by atoms with Crippen LogP contribution in [-0.4, -0.2) is 17.4 Å². The van der Waals surface area contributed by atoms with Crippen molar-refractivity contribution < 1.29 is 9.63 Å². The van der Waals surface area contributed by atoms with Gasteiger partial charge in [0.15, 0.2) is 0 Å². The average Bonchev–Trinajstić information content (AvgIpc) is 2.43. The van der Waals surface area contributed by atoms with Crippen molar-refractivity contribution in [2.75, 3.05) is 7.11 Å². The van der Waals surface area contributed by atoms with Crippen LogP contribution in [0.4, 0.5) is 0 Å². The summed E-state index contributed by atoms with van der Waals surface area (Å²) in [4.78, 5) is 0. The van der Waals surface area contributed by atoms with E-state index < -0.39 is 0 Å². The number of aliphatic hydroxyl groups is 1. The fourth-order valence-electron chi connectivity index (χ4n) is 0.491. The van der Waals surface area contributed by atoms with E-state index in [2.05, 4.69) is 5.16 Å². The van der Waals surface area contributed by atoms with Crippen LogP contribution in [-0.2, 0) is 0 Å². The topological polar surface area (TPSA) is 46.3 Å². The van der Waals surface area contributed by atoms with Gasteiger partial charge in [-0.05, 0) is 13.8 Å². The second kappa shape index (κ2) is 9.17. The average molecular weight is 159 g/mol. The fourth-order valence-corrected chi connectivity index (χ4v) is 0.491. The number of hydrogen-bond donors (Lipinski definition) is 1. The van der Waals surface area contributed by atoms with E-state index in [1.807, 2.05) is 33.8 Å². The van der Waals surface area contributed by atoms with Gasteiger partial charge in [-0.1, -0.05) is 19.0 Å². The zero-order chi connectivity index (χ0) is 9.28. The van der Waals surface area contributed by atoms with Crippen LogP contribution in [0.25, 0.3) is 0 Å². The highest BCUT2D eigenvalue weighted by molar-refractivity contribution is 4.99. The van der Waals surface area contributed by atoms with E-state index in [4.69, 9.17) is 9.63 Å². The van der Waals surface area contributed by atoms with Gasteiger partial charge >= 0.3 is 0 Å². The van der Waals surface area contributed by atoms with Gasteiger partial charge in [-0.3, -0.25) is 0 Å². The Morgan fingerprint density at radius 2 is 1.73 bits per heavy atom. The fraction of sp³-hybridized carbons (Fsp3) is 0.625. The summed E-state index contributed by atoms with van der Waals surface area (Å²) in [6.45, 7) is 7.77. The van der Waals surface area contributed by atoms with Crippen molar-refractivity contribution in [3.05, 3.63) is 17.5 Å². The molecular formula is C8H17NO2. The van der Waals surface area contributed by atoms with Gasteiger partial charge < -0.3 is 9.63 Å². The van der Waals surface area contributed by atoms with Crippen molar-refractivity contribution in [2.45, 2.75) is 27.7 Å². The number of nitrogens with zero attached hydrogens (tertiary/aromatic N) is 1. The zero-order valence-corrected chi connectivity index (χ0v) is 7.88. The molecule has 0 amide bonds. The molecule has 0 aromatic carbocycles. The van der Waals surface area contributed by atoms with Gasteiger partial charge in [0.2, 0.25) is 0 Å². The Hall–Kier alpha value is -0.830. The first-order valence-electron chi connectivity index (χ1n) is 3.63. The van der Waals surface area contributed by atoms with Crippen LogP contribution in [0.5, 0.6) is 0 Å². The Bertz CT molecular complexity index is 144. The smallest absolute Gasteiger partial charge is 0.133 e. The molecule has 0 atom stereocenters. The van der Waals surface area contributed by atoms with Crippen molar-refractivity contribution in [1.29, 1.82) is 0 Å². The van der Waals surface area contributed by atoms with Crippen LogP contribution in [0.1, 0.15) is 25.3 Å². The molecule has 3 heteroatoms. The van der Waals surface area contributed by atoms with Crippen molar-refractivity contribution in [3.8, 4) is 0 Å². The molecule has 0 saturated carbocycles. The maximum absolute atomic E-state index is 7.00. The van der Waals surface area contributed by atoms with Crippen molar-refractivity contribution in [2.24, 2.45) is 0 Å². The summed E-state index contributed by atoms with van der Waals surface area (Å²) in [5.41, 5.74) is 0.942. The number of aliphatic hydroxyl groups excluding tert-OH is 1. The monoisotopic (exact) mass is 159 g/mol. The maximum atomic E-state index is 7.00. The van der Waals surface area contributed by atoms with Gasteiger partial charge in [0.05, 0.1) is 5.69 Å². The molecule has 0 unspecified atom stereocenters. The Morgan fingerprint density at radius 1 is 1.27 bits per heavy atom. The molecular weight excluding hydrogens is 142 g/mol. The minimum Gasteiger partial charge on any atom is -0.400 e. The minimum atomic E-state index is 0.873. The standard InChI is InChI=1S/C5H7NO.C2H6.CH4O/c1-4-3-5(2)7-6-4;2*1-2/h3H,1-2H3;1-2H3;2H,1H3. The summed E-state index contributed by atoms with van der Waals surface area (Å²) < 4.78 is 4.71. The second-order valence-electron chi connectivity index (χ2n) is 1.58. The molecule has 11 heavy (non-hydrogen) atoms. The first-order valence-corrected chi connectivity index (χ1v) is 3.63. The molecule has 1 rings (SSSR count). The van der Waals surface area contributed by atoms with E-state index in [1.165, 1.54) is 0 Å². The molecule has 0 radical (unpaired) electrons. The van der Waals surface area contributed by atoms with Crippen LogP contribution in [0.15, 0.2) is 10.6 Å². The van der Waals surface area contributed by atoms with Crippen LogP contribution in [0, 0.1) is 13.8 Å². The third-order valence-corrected chi connectivity index (χ3v) is 0.746. The van der Waals surface area contributed by atoms with Crippen molar-refractivity contribution >= 4 is 0 Å². The van der Waals surface area contributed by atoms with Gasteiger partial charge in [0, 0.05) is 13.2 Å². The first kappa shape index (κ1) is 12.8. The normalized spacial score (nSPS) is 7.09. The van der Waals surface area contributed by atoms with E-state index in [0.29, 0.717) is 0 Å². The Morgan fingerprint density at radius 3 is 1.82 bits per heavy atom. The molecule has 0 aliphatic rings. The first-order chi connectivity index (χ1) is 5.29. The number of rotatable bonds is 0. The molecule has 1 heterocycles. The van der Waals surface area contributed by atoms with Gasteiger partial charge in [-0.15, -0.1) is 0 Å². The third-order valence-electron chi connectivity index (χ3n) is 0.746. The minimum absolute atomic E-state index is 0.873. The molecule has 66 valence electrons. The summed E-state index contributed by atoms with van der Waals surface area (Å²) in [5.74, 6) is 0.873. The lowest BCUT2D eigenvalue weighted by Crippen LogP contribution is -1.59. The summed E-state index contributed by atoms with van der Waals surface area (Å²) in [6, 6.07) is 1.89. The summed E-state index contributed by atoms with van der Waals surface area (Å²) in [5, 5.41) is 10.6. The van der Waals surface area contributed by atoms with E-state index in [1.54, 1.807) is 0 Å². The van der Waals surface area contributed by atoms with Crippen molar-refractivity contribution in [1.82, 2.24) is 5.16 Å². The molecule has 0 spiro atoms. The molecule has 3 nitrogen and oxygen atoms in total. The van der Waals surface area contributed by atoms with Crippen molar-refractivity contribution in [3.63, 3.8) is 0 Å². The highest BCUT2D eigenvalue weighted by Gasteiger charge is 1.88. The lowest BCUT2D eigenvalue weighted by Gasteiger charge is -1.65. The molecule has 1 aromatic rings. The summed E-state index contributed by atoms with van der Waals surface area (Å²) >= 11 is 0. The molecule has 0 aliphatic carbocycles. The van der Waals surface area contributed by atoms with E-state index in [9.17, 15) is 0 Å². The van der Waals surface area contributed by atoms with E-state index >= 15 is 0 Å². The summed E-state index contributed by atoms with van der Waals surface area (Å²) in [7, 11) is 1.00. The van der Waals surface area contributed by atoms with E-state index in [-0.39, 0.29) is 0 Å². The van der Waals surface area contributed by atoms with Crippen LogP contribution in [0.3, 0.4) is 0 Å².